The smallest absolute Gasteiger partial charge is 0.337 e. The third kappa shape index (κ3) is 3.80. The number of ether oxygens (including phenoxy) is 2. The van der Waals surface area contributed by atoms with Crippen LogP contribution < -0.4 is 4.74 Å². The van der Waals surface area contributed by atoms with Gasteiger partial charge in [0.25, 0.3) is 0 Å². The number of aromatic nitrogens is 1. The van der Waals surface area contributed by atoms with Crippen molar-refractivity contribution in [3.8, 4) is 16.9 Å². The van der Waals surface area contributed by atoms with Crippen LogP contribution in [0.15, 0.2) is 48.7 Å². The van der Waals surface area contributed by atoms with Crippen LogP contribution in [0, 0.1) is 13.8 Å². The van der Waals surface area contributed by atoms with Gasteiger partial charge in [-0.2, -0.15) is 0 Å². The molecule has 1 atom stereocenters. The quantitative estimate of drug-likeness (QED) is 0.378. The van der Waals surface area contributed by atoms with Crippen LogP contribution in [-0.4, -0.2) is 28.3 Å². The van der Waals surface area contributed by atoms with Crippen LogP contribution in [0.25, 0.3) is 32.8 Å². The van der Waals surface area contributed by atoms with E-state index in [9.17, 15) is 9.90 Å². The maximum absolute atomic E-state index is 12.6. The molecule has 0 fully saturated rings. The van der Waals surface area contributed by atoms with Gasteiger partial charge in [0.05, 0.1) is 17.7 Å². The van der Waals surface area contributed by atoms with E-state index in [1.165, 1.54) is 5.56 Å². The zero-order chi connectivity index (χ0) is 24.2. The lowest BCUT2D eigenvalue weighted by molar-refractivity contribution is -0.160. The molecule has 1 N–H and O–H groups in total. The van der Waals surface area contributed by atoms with Crippen LogP contribution in [0.1, 0.15) is 49.1 Å². The maximum Gasteiger partial charge on any atom is 0.337 e. The van der Waals surface area contributed by atoms with Gasteiger partial charge >= 0.3 is 5.97 Å². The molecule has 2 heterocycles. The molecular formula is C29H29NO4. The first-order valence-corrected chi connectivity index (χ1v) is 11.6. The van der Waals surface area contributed by atoms with Gasteiger partial charge in [0, 0.05) is 29.1 Å². The van der Waals surface area contributed by atoms with Crippen LogP contribution in [0.4, 0.5) is 0 Å². The van der Waals surface area contributed by atoms with Crippen molar-refractivity contribution in [2.45, 2.75) is 52.7 Å². The molecule has 0 spiro atoms. The molecule has 3 aromatic carbocycles. The van der Waals surface area contributed by atoms with Gasteiger partial charge in [-0.25, -0.2) is 4.79 Å². The molecule has 0 saturated carbocycles. The highest BCUT2D eigenvalue weighted by molar-refractivity contribution is 6.09. The standard InChI is InChI=1S/C29H29NO4/c1-16-6-7-20-19(14-16)15-17(2)23(27(28(31)32)34-29(3,4)5)25(20)21-8-9-22-24-18(11-13-33-22)10-12-30-26(21)24/h6-10,12,14-15,27H,11,13H2,1-5H3,(H,31,32)/t27-/m0/s1. The van der Waals surface area contributed by atoms with Gasteiger partial charge in [0.15, 0.2) is 6.10 Å². The van der Waals surface area contributed by atoms with Crippen LogP contribution in [0.5, 0.6) is 5.75 Å². The predicted octanol–water partition coefficient (Wildman–Crippen LogP) is 6.55. The SMILES string of the molecule is Cc1ccc2c(-c3ccc4c5c(ccnc35)CCO4)c([C@H](OC(C)(C)C)C(=O)O)c(C)cc2c1. The van der Waals surface area contributed by atoms with Gasteiger partial charge in [-0.05, 0) is 80.3 Å². The van der Waals surface area contributed by atoms with E-state index in [2.05, 4.69) is 31.2 Å². The minimum absolute atomic E-state index is 0.638. The van der Waals surface area contributed by atoms with Crippen LogP contribution in [0.2, 0.25) is 0 Å². The summed E-state index contributed by atoms with van der Waals surface area (Å²) >= 11 is 0. The van der Waals surface area contributed by atoms with Crippen molar-refractivity contribution in [2.24, 2.45) is 0 Å². The molecule has 5 rings (SSSR count). The van der Waals surface area contributed by atoms with Gasteiger partial charge < -0.3 is 14.6 Å². The van der Waals surface area contributed by atoms with E-state index in [1.54, 1.807) is 0 Å². The molecule has 1 aliphatic rings. The summed E-state index contributed by atoms with van der Waals surface area (Å²) in [6, 6.07) is 14.4. The van der Waals surface area contributed by atoms with E-state index < -0.39 is 17.7 Å². The lowest BCUT2D eigenvalue weighted by atomic mass is 9.85. The van der Waals surface area contributed by atoms with Crippen molar-refractivity contribution in [3.63, 3.8) is 0 Å². The molecule has 5 nitrogen and oxygen atoms in total. The van der Waals surface area contributed by atoms with Crippen LogP contribution >= 0.6 is 0 Å². The number of fused-ring (bicyclic) bond motifs is 1. The number of rotatable bonds is 4. The highest BCUT2D eigenvalue weighted by Gasteiger charge is 2.32. The summed E-state index contributed by atoms with van der Waals surface area (Å²) in [6.45, 7) is 10.3. The summed E-state index contributed by atoms with van der Waals surface area (Å²) in [5.74, 6) is -0.187. The zero-order valence-corrected chi connectivity index (χ0v) is 20.2. The van der Waals surface area contributed by atoms with Crippen molar-refractivity contribution in [2.75, 3.05) is 6.61 Å². The third-order valence-electron chi connectivity index (χ3n) is 6.34. The molecule has 0 unspecified atom stereocenters. The number of hydrogen-bond donors (Lipinski definition) is 1. The second-order valence-corrected chi connectivity index (χ2v) is 10.1. The monoisotopic (exact) mass is 455 g/mol. The number of nitrogens with zero attached hydrogens (tertiary/aromatic N) is 1. The van der Waals surface area contributed by atoms with E-state index in [-0.39, 0.29) is 0 Å². The average molecular weight is 456 g/mol. The Bertz CT molecular complexity index is 1440. The fourth-order valence-electron chi connectivity index (χ4n) is 5.00. The van der Waals surface area contributed by atoms with Crippen molar-refractivity contribution in [1.82, 2.24) is 4.98 Å². The number of carboxylic acid groups (broad SMARTS) is 1. The Hall–Kier alpha value is -3.44. The number of benzene rings is 3. The molecule has 4 aromatic rings. The molecule has 0 aliphatic carbocycles. The van der Waals surface area contributed by atoms with Crippen LogP contribution in [-0.2, 0) is 16.0 Å². The summed E-state index contributed by atoms with van der Waals surface area (Å²) in [4.78, 5) is 17.3. The Morgan fingerprint density at radius 3 is 2.65 bits per heavy atom. The first kappa shape index (κ1) is 22.4. The summed E-state index contributed by atoms with van der Waals surface area (Å²) in [7, 11) is 0. The summed E-state index contributed by atoms with van der Waals surface area (Å²) in [6.07, 6.45) is 1.53. The average Bonchev–Trinajstić information content (AvgIpc) is 2.77. The largest absolute Gasteiger partial charge is 0.493 e. The molecule has 0 bridgehead atoms. The van der Waals surface area contributed by atoms with Gasteiger partial charge in [0.2, 0.25) is 0 Å². The Balaban J connectivity index is 1.91. The molecular weight excluding hydrogens is 426 g/mol. The number of hydrogen-bond acceptors (Lipinski definition) is 4. The fourth-order valence-corrected chi connectivity index (χ4v) is 5.00. The Morgan fingerprint density at radius 1 is 1.12 bits per heavy atom. The summed E-state index contributed by atoms with van der Waals surface area (Å²) < 4.78 is 12.1. The maximum atomic E-state index is 12.6. The molecule has 5 heteroatoms. The Morgan fingerprint density at radius 2 is 1.91 bits per heavy atom. The second kappa shape index (κ2) is 8.10. The van der Waals surface area contributed by atoms with Crippen molar-refractivity contribution >= 4 is 27.6 Å². The number of pyridine rings is 1. The number of carboxylic acids is 1. The Kier molecular flexibility index (Phi) is 5.33. The summed E-state index contributed by atoms with van der Waals surface area (Å²) in [5, 5.41) is 13.3. The van der Waals surface area contributed by atoms with E-state index in [4.69, 9.17) is 14.5 Å². The molecule has 1 aliphatic heterocycles. The predicted molar refractivity (Wildman–Crippen MR) is 135 cm³/mol. The van der Waals surface area contributed by atoms with Crippen molar-refractivity contribution < 1.29 is 19.4 Å². The normalized spacial score (nSPS) is 14.3. The topological polar surface area (TPSA) is 68.7 Å². The second-order valence-electron chi connectivity index (χ2n) is 10.1. The molecule has 0 saturated heterocycles. The highest BCUT2D eigenvalue weighted by atomic mass is 16.5. The first-order chi connectivity index (χ1) is 16.1. The lowest BCUT2D eigenvalue weighted by Crippen LogP contribution is -2.28. The first-order valence-electron chi connectivity index (χ1n) is 11.6. The third-order valence-corrected chi connectivity index (χ3v) is 6.34. The van der Waals surface area contributed by atoms with E-state index >= 15 is 0 Å². The van der Waals surface area contributed by atoms with Crippen molar-refractivity contribution in [1.29, 1.82) is 0 Å². The van der Waals surface area contributed by atoms with E-state index in [1.807, 2.05) is 52.1 Å². The van der Waals surface area contributed by atoms with Gasteiger partial charge in [0.1, 0.15) is 5.75 Å². The molecule has 0 radical (unpaired) electrons. The molecule has 1 aromatic heterocycles. The molecule has 0 amide bonds. The minimum atomic E-state index is -1.12. The van der Waals surface area contributed by atoms with Crippen LogP contribution in [0.3, 0.4) is 0 Å². The number of carbonyl (C=O) groups is 1. The van der Waals surface area contributed by atoms with Crippen molar-refractivity contribution in [3.05, 3.63) is 70.9 Å². The fraction of sp³-hybridized carbons (Fsp3) is 0.310. The molecule has 174 valence electrons. The Labute approximate surface area is 199 Å². The van der Waals surface area contributed by atoms with E-state index in [0.717, 1.165) is 56.1 Å². The number of aliphatic carboxylic acids is 1. The zero-order valence-electron chi connectivity index (χ0n) is 20.2. The number of aryl methyl sites for hydroxylation is 2. The van der Waals surface area contributed by atoms with Gasteiger partial charge in [-0.15, -0.1) is 0 Å². The lowest BCUT2D eigenvalue weighted by Gasteiger charge is -2.29. The summed E-state index contributed by atoms with van der Waals surface area (Å²) in [5.41, 5.74) is 5.82. The van der Waals surface area contributed by atoms with Gasteiger partial charge in [-0.1, -0.05) is 29.8 Å². The van der Waals surface area contributed by atoms with E-state index in [0.29, 0.717) is 12.2 Å². The minimum Gasteiger partial charge on any atom is -0.493 e. The highest BCUT2D eigenvalue weighted by Crippen LogP contribution is 2.45. The molecule has 34 heavy (non-hydrogen) atoms. The van der Waals surface area contributed by atoms with Gasteiger partial charge in [-0.3, -0.25) is 4.98 Å².